The maximum absolute atomic E-state index is 12.8. The van der Waals surface area contributed by atoms with Crippen molar-refractivity contribution in [1.29, 1.82) is 0 Å². The van der Waals surface area contributed by atoms with Gasteiger partial charge in [0.05, 0.1) is 0 Å². The Hall–Kier alpha value is -3.41. The fourth-order valence-electron chi connectivity index (χ4n) is 7.48. The molecule has 0 N–H and O–H groups in total. The fraction of sp³-hybridized carbons (Fsp3) is 0.717. The lowest BCUT2D eigenvalue weighted by atomic mass is 10.1. The third kappa shape index (κ3) is 51.6. The van der Waals surface area contributed by atoms with Gasteiger partial charge in [0.15, 0.2) is 6.10 Å². The van der Waals surface area contributed by atoms with Gasteiger partial charge < -0.3 is 14.2 Å². The highest BCUT2D eigenvalue weighted by Gasteiger charge is 2.19. The summed E-state index contributed by atoms with van der Waals surface area (Å²) in [6, 6.07) is 0. The number of hydrogen-bond acceptors (Lipinski definition) is 6. The normalized spacial score (nSPS) is 12.7. The maximum atomic E-state index is 12.8. The van der Waals surface area contributed by atoms with Crippen molar-refractivity contribution in [3.05, 3.63) is 85.1 Å². The predicted molar refractivity (Wildman–Crippen MR) is 284 cm³/mol. The fourth-order valence-corrected chi connectivity index (χ4v) is 7.48. The summed E-state index contributed by atoms with van der Waals surface area (Å²) in [4.78, 5) is 38.0. The highest BCUT2D eigenvalue weighted by molar-refractivity contribution is 5.71. The van der Waals surface area contributed by atoms with Crippen molar-refractivity contribution in [2.24, 2.45) is 0 Å². The van der Waals surface area contributed by atoms with Crippen molar-refractivity contribution in [2.75, 3.05) is 13.2 Å². The van der Waals surface area contributed by atoms with Crippen molar-refractivity contribution in [1.82, 2.24) is 0 Å². The van der Waals surface area contributed by atoms with Gasteiger partial charge in [0.25, 0.3) is 0 Å². The summed E-state index contributed by atoms with van der Waals surface area (Å²) in [5.41, 5.74) is 0. The van der Waals surface area contributed by atoms with E-state index in [-0.39, 0.29) is 31.1 Å². The average molecular weight is 919 g/mol. The van der Waals surface area contributed by atoms with Crippen LogP contribution in [-0.4, -0.2) is 37.2 Å². The quantitative estimate of drug-likeness (QED) is 0.0199. The van der Waals surface area contributed by atoms with E-state index in [1.165, 1.54) is 122 Å². The monoisotopic (exact) mass is 919 g/mol. The molecule has 6 nitrogen and oxygen atoms in total. The molecule has 0 fully saturated rings. The van der Waals surface area contributed by atoms with E-state index in [9.17, 15) is 14.4 Å². The van der Waals surface area contributed by atoms with Crippen LogP contribution in [0, 0.1) is 0 Å². The molecule has 0 radical (unpaired) electrons. The Kier molecular flexibility index (Phi) is 51.4. The first kappa shape index (κ1) is 62.6. The number of carbonyl (C=O) groups excluding carboxylic acids is 3. The lowest BCUT2D eigenvalue weighted by Gasteiger charge is -2.18. The number of allylic oxidation sites excluding steroid dienone is 14. The van der Waals surface area contributed by atoms with Gasteiger partial charge in [0.1, 0.15) is 13.2 Å². The van der Waals surface area contributed by atoms with Gasteiger partial charge in [0.2, 0.25) is 0 Å². The molecule has 0 heterocycles. The second kappa shape index (κ2) is 54.2. The van der Waals surface area contributed by atoms with E-state index in [1.54, 1.807) is 0 Å². The lowest BCUT2D eigenvalue weighted by Crippen LogP contribution is -2.30. The summed E-state index contributed by atoms with van der Waals surface area (Å²) in [7, 11) is 0. The van der Waals surface area contributed by atoms with Crippen LogP contribution < -0.4 is 0 Å². The standard InChI is InChI=1S/C60H102O6/c1-4-7-10-13-16-19-22-24-26-28-30-32-33-35-38-41-44-47-50-53-59(62)65-56-57(55-64-58(61)52-49-46-43-40-37-21-18-15-12-9-6-3)66-60(63)54-51-48-45-42-39-36-34-31-29-27-25-23-20-17-14-11-8-5-2/h15,17-18,20-21,23,25,27-31,34,37,57H,4-14,16,19,22,24,26,32-33,35-36,38-56H2,1-3H3/b18-15-,20-17-,25-23-,29-27-,30-28-,34-31-,37-21-. The number of unbranched alkanes of at least 4 members (excludes halogenated alkanes) is 28. The Morgan fingerprint density at radius 1 is 0.303 bits per heavy atom. The first-order valence-electron chi connectivity index (χ1n) is 27.7. The number of hydrogen-bond donors (Lipinski definition) is 0. The van der Waals surface area contributed by atoms with Crippen LogP contribution in [0.4, 0.5) is 0 Å². The Bertz CT molecular complexity index is 1290. The van der Waals surface area contributed by atoms with E-state index in [0.717, 1.165) is 96.3 Å². The second-order valence-electron chi connectivity index (χ2n) is 18.3. The van der Waals surface area contributed by atoms with Gasteiger partial charge >= 0.3 is 17.9 Å². The number of esters is 3. The highest BCUT2D eigenvalue weighted by atomic mass is 16.6. The lowest BCUT2D eigenvalue weighted by molar-refractivity contribution is -0.167. The van der Waals surface area contributed by atoms with Crippen LogP contribution in [0.25, 0.3) is 0 Å². The minimum Gasteiger partial charge on any atom is -0.462 e. The first-order valence-corrected chi connectivity index (χ1v) is 27.7. The van der Waals surface area contributed by atoms with Crippen LogP contribution in [0.3, 0.4) is 0 Å². The molecule has 0 amide bonds. The molecule has 0 spiro atoms. The number of rotatable bonds is 49. The van der Waals surface area contributed by atoms with Crippen molar-refractivity contribution >= 4 is 17.9 Å². The maximum Gasteiger partial charge on any atom is 0.306 e. The van der Waals surface area contributed by atoms with E-state index in [0.29, 0.717) is 19.3 Å². The van der Waals surface area contributed by atoms with Gasteiger partial charge in [-0.3, -0.25) is 14.4 Å². The molecular formula is C60H102O6. The van der Waals surface area contributed by atoms with Crippen LogP contribution in [-0.2, 0) is 28.6 Å². The molecule has 0 aromatic rings. The smallest absolute Gasteiger partial charge is 0.306 e. The third-order valence-electron chi connectivity index (χ3n) is 11.7. The Labute approximate surface area is 407 Å². The minimum atomic E-state index is -0.802. The van der Waals surface area contributed by atoms with Gasteiger partial charge in [-0.25, -0.2) is 0 Å². The van der Waals surface area contributed by atoms with E-state index < -0.39 is 6.10 Å². The van der Waals surface area contributed by atoms with Crippen LogP contribution >= 0.6 is 0 Å². The molecule has 0 aromatic carbocycles. The third-order valence-corrected chi connectivity index (χ3v) is 11.7. The van der Waals surface area contributed by atoms with Crippen LogP contribution in [0.15, 0.2) is 85.1 Å². The van der Waals surface area contributed by atoms with Crippen LogP contribution in [0.1, 0.15) is 258 Å². The summed E-state index contributed by atoms with van der Waals surface area (Å²) in [5, 5.41) is 0. The zero-order chi connectivity index (χ0) is 47.9. The van der Waals surface area contributed by atoms with Gasteiger partial charge in [-0.15, -0.1) is 0 Å². The van der Waals surface area contributed by atoms with E-state index in [2.05, 4.69) is 106 Å². The molecular weight excluding hydrogens is 817 g/mol. The molecule has 1 atom stereocenters. The van der Waals surface area contributed by atoms with Crippen molar-refractivity contribution < 1.29 is 28.6 Å². The van der Waals surface area contributed by atoms with Gasteiger partial charge in [0, 0.05) is 19.3 Å². The molecule has 378 valence electrons. The average Bonchev–Trinajstić information content (AvgIpc) is 3.31. The van der Waals surface area contributed by atoms with Crippen molar-refractivity contribution in [3.63, 3.8) is 0 Å². The zero-order valence-corrected chi connectivity index (χ0v) is 43.2. The molecule has 0 aliphatic carbocycles. The SMILES string of the molecule is CCCC/C=C\C=C/CCCCCC(=O)OCC(COC(=O)CCCCCCCCC/C=C\CCCCCCCCCC)OC(=O)CCCCCCC\C=C/C=C\C=C/C=C\CCCCC. The Balaban J connectivity index is 4.42. The van der Waals surface area contributed by atoms with E-state index >= 15 is 0 Å². The molecule has 0 bridgehead atoms. The molecule has 0 aliphatic rings. The van der Waals surface area contributed by atoms with Crippen molar-refractivity contribution in [2.45, 2.75) is 264 Å². The zero-order valence-electron chi connectivity index (χ0n) is 43.2. The summed E-state index contributed by atoms with van der Waals surface area (Å²) in [6.45, 7) is 6.51. The van der Waals surface area contributed by atoms with Gasteiger partial charge in [-0.1, -0.05) is 234 Å². The predicted octanol–water partition coefficient (Wildman–Crippen LogP) is 18.4. The summed E-state index contributed by atoms with van der Waals surface area (Å²) < 4.78 is 16.8. The molecule has 6 heteroatoms. The first-order chi connectivity index (χ1) is 32.5. The van der Waals surface area contributed by atoms with E-state index in [4.69, 9.17) is 14.2 Å². The molecule has 1 unspecified atom stereocenters. The van der Waals surface area contributed by atoms with Crippen LogP contribution in [0.2, 0.25) is 0 Å². The summed E-state index contributed by atoms with van der Waals surface area (Å²) in [6.07, 6.45) is 70.0. The minimum absolute atomic E-state index is 0.0974. The molecule has 0 saturated heterocycles. The van der Waals surface area contributed by atoms with E-state index in [1.807, 2.05) is 0 Å². The summed E-state index contributed by atoms with van der Waals surface area (Å²) >= 11 is 0. The Morgan fingerprint density at radius 2 is 0.576 bits per heavy atom. The van der Waals surface area contributed by atoms with Gasteiger partial charge in [-0.05, 0) is 89.9 Å². The molecule has 0 aromatic heterocycles. The van der Waals surface area contributed by atoms with Crippen molar-refractivity contribution in [3.8, 4) is 0 Å². The molecule has 66 heavy (non-hydrogen) atoms. The molecule has 0 saturated carbocycles. The highest BCUT2D eigenvalue weighted by Crippen LogP contribution is 2.14. The van der Waals surface area contributed by atoms with Gasteiger partial charge in [-0.2, -0.15) is 0 Å². The Morgan fingerprint density at radius 3 is 1.00 bits per heavy atom. The number of ether oxygens (including phenoxy) is 3. The number of carbonyl (C=O) groups is 3. The topological polar surface area (TPSA) is 78.9 Å². The largest absolute Gasteiger partial charge is 0.462 e. The van der Waals surface area contributed by atoms with Crippen LogP contribution in [0.5, 0.6) is 0 Å². The molecule has 0 rings (SSSR count). The molecule has 0 aliphatic heterocycles. The summed E-state index contributed by atoms with van der Waals surface area (Å²) in [5.74, 6) is -0.952. The second-order valence-corrected chi connectivity index (χ2v) is 18.3.